The van der Waals surface area contributed by atoms with E-state index in [1.165, 1.54) is 14.2 Å². The van der Waals surface area contributed by atoms with Gasteiger partial charge in [0.25, 0.3) is 0 Å². The maximum absolute atomic E-state index is 11.6. The van der Waals surface area contributed by atoms with E-state index in [9.17, 15) is 9.90 Å². The molecule has 1 N–H and O–H groups in total. The van der Waals surface area contributed by atoms with Gasteiger partial charge in [-0.3, -0.25) is 4.79 Å². The quantitative estimate of drug-likeness (QED) is 0.466. The van der Waals surface area contributed by atoms with Gasteiger partial charge in [-0.1, -0.05) is 30.3 Å². The molecule has 0 heterocycles. The lowest BCUT2D eigenvalue weighted by molar-refractivity contribution is 0.0668. The third-order valence-corrected chi connectivity index (χ3v) is 1.82. The van der Waals surface area contributed by atoms with E-state index in [1.54, 1.807) is 30.3 Å². The zero-order valence-electron chi connectivity index (χ0n) is 8.56. The zero-order chi connectivity index (χ0) is 11.3. The SMILES string of the molecule is COC(OC)=C(O)C(=O)c1ccccc1. The third-order valence-electron chi connectivity index (χ3n) is 1.82. The van der Waals surface area contributed by atoms with Crippen LogP contribution in [0.5, 0.6) is 0 Å². The van der Waals surface area contributed by atoms with E-state index in [4.69, 9.17) is 9.47 Å². The van der Waals surface area contributed by atoms with E-state index < -0.39 is 11.5 Å². The van der Waals surface area contributed by atoms with Gasteiger partial charge in [-0.15, -0.1) is 0 Å². The van der Waals surface area contributed by atoms with E-state index in [2.05, 4.69) is 0 Å². The molecule has 0 aliphatic rings. The molecule has 0 fully saturated rings. The number of rotatable bonds is 4. The summed E-state index contributed by atoms with van der Waals surface area (Å²) in [5, 5.41) is 9.51. The fraction of sp³-hybridized carbons (Fsp3) is 0.182. The number of hydrogen-bond donors (Lipinski definition) is 1. The average Bonchev–Trinajstić information content (AvgIpc) is 2.30. The zero-order valence-corrected chi connectivity index (χ0v) is 8.56. The van der Waals surface area contributed by atoms with E-state index in [0.29, 0.717) is 5.56 Å². The van der Waals surface area contributed by atoms with Crippen LogP contribution in [0.1, 0.15) is 10.4 Å². The van der Waals surface area contributed by atoms with Gasteiger partial charge >= 0.3 is 5.95 Å². The minimum absolute atomic E-state index is 0.191. The van der Waals surface area contributed by atoms with E-state index in [1.807, 2.05) is 0 Å². The Labute approximate surface area is 87.7 Å². The Bertz CT molecular complexity index is 361. The summed E-state index contributed by atoms with van der Waals surface area (Å²) in [4.78, 5) is 11.6. The van der Waals surface area contributed by atoms with Gasteiger partial charge in [-0.25, -0.2) is 0 Å². The molecule has 0 unspecified atom stereocenters. The fourth-order valence-electron chi connectivity index (χ4n) is 1.10. The summed E-state index contributed by atoms with van der Waals surface area (Å²) in [7, 11) is 2.63. The van der Waals surface area contributed by atoms with Crippen LogP contribution in [0.2, 0.25) is 0 Å². The lowest BCUT2D eigenvalue weighted by Gasteiger charge is -2.06. The number of methoxy groups -OCH3 is 2. The van der Waals surface area contributed by atoms with Gasteiger partial charge in [0.05, 0.1) is 14.2 Å². The third kappa shape index (κ3) is 2.49. The molecule has 4 heteroatoms. The number of ketones is 1. The lowest BCUT2D eigenvalue weighted by Crippen LogP contribution is -2.08. The molecule has 1 aromatic rings. The Morgan fingerprint density at radius 3 is 2.13 bits per heavy atom. The van der Waals surface area contributed by atoms with Crippen molar-refractivity contribution >= 4 is 5.78 Å². The highest BCUT2D eigenvalue weighted by atomic mass is 16.7. The second kappa shape index (κ2) is 5.05. The van der Waals surface area contributed by atoms with E-state index >= 15 is 0 Å². The van der Waals surface area contributed by atoms with Crippen molar-refractivity contribution in [2.75, 3.05) is 14.2 Å². The minimum atomic E-state index is -0.536. The maximum Gasteiger partial charge on any atom is 0.327 e. The van der Waals surface area contributed by atoms with Crippen LogP contribution in [0.25, 0.3) is 0 Å². The maximum atomic E-state index is 11.6. The van der Waals surface area contributed by atoms with Crippen LogP contribution in [0.15, 0.2) is 42.0 Å². The van der Waals surface area contributed by atoms with Gasteiger partial charge in [0.1, 0.15) is 0 Å². The molecule has 0 aromatic heterocycles. The molecule has 0 saturated heterocycles. The lowest BCUT2D eigenvalue weighted by atomic mass is 10.1. The Hall–Kier alpha value is -1.97. The normalized spacial score (nSPS) is 9.20. The molecule has 0 aliphatic carbocycles. The second-order valence-corrected chi connectivity index (χ2v) is 2.74. The highest BCUT2D eigenvalue weighted by Gasteiger charge is 2.17. The predicted octanol–water partition coefficient (Wildman–Crippen LogP) is 1.89. The first kappa shape index (κ1) is 11.1. The molecule has 15 heavy (non-hydrogen) atoms. The molecule has 0 radical (unpaired) electrons. The summed E-state index contributed by atoms with van der Waals surface area (Å²) < 4.78 is 9.38. The number of aliphatic hydroxyl groups is 1. The number of hydrogen-bond acceptors (Lipinski definition) is 4. The van der Waals surface area contributed by atoms with Crippen molar-refractivity contribution in [3.05, 3.63) is 47.6 Å². The van der Waals surface area contributed by atoms with E-state index in [0.717, 1.165) is 0 Å². The van der Waals surface area contributed by atoms with Crippen molar-refractivity contribution in [1.29, 1.82) is 0 Å². The molecule has 1 rings (SSSR count). The molecule has 0 saturated carbocycles. The van der Waals surface area contributed by atoms with Crippen molar-refractivity contribution < 1.29 is 19.4 Å². The van der Waals surface area contributed by atoms with Crippen molar-refractivity contribution in [2.24, 2.45) is 0 Å². The predicted molar refractivity (Wildman–Crippen MR) is 54.4 cm³/mol. The Morgan fingerprint density at radius 1 is 1.13 bits per heavy atom. The number of carbonyl (C=O) groups excluding carboxylic acids is 1. The van der Waals surface area contributed by atoms with Crippen LogP contribution >= 0.6 is 0 Å². The minimum Gasteiger partial charge on any atom is -0.499 e. The molecule has 0 spiro atoms. The van der Waals surface area contributed by atoms with E-state index in [-0.39, 0.29) is 5.95 Å². The Kier molecular flexibility index (Phi) is 3.74. The van der Waals surface area contributed by atoms with Crippen LogP contribution in [-0.4, -0.2) is 25.1 Å². The summed E-state index contributed by atoms with van der Waals surface area (Å²) in [6.07, 6.45) is 0. The number of benzene rings is 1. The first-order chi connectivity index (χ1) is 7.20. The second-order valence-electron chi connectivity index (χ2n) is 2.74. The molecule has 4 nitrogen and oxygen atoms in total. The Morgan fingerprint density at radius 2 is 1.67 bits per heavy atom. The van der Waals surface area contributed by atoms with Crippen molar-refractivity contribution in [1.82, 2.24) is 0 Å². The van der Waals surface area contributed by atoms with Crippen molar-refractivity contribution in [2.45, 2.75) is 0 Å². The standard InChI is InChI=1S/C11H12O4/c1-14-11(15-2)10(13)9(12)8-6-4-3-5-7-8/h3-7,13H,1-2H3. The van der Waals surface area contributed by atoms with Crippen LogP contribution < -0.4 is 0 Å². The number of carbonyl (C=O) groups is 1. The smallest absolute Gasteiger partial charge is 0.327 e. The highest BCUT2D eigenvalue weighted by Crippen LogP contribution is 2.10. The number of Topliss-reactive ketones (excluding diaryl/α,β-unsaturated/α-hetero) is 1. The van der Waals surface area contributed by atoms with Crippen LogP contribution in [-0.2, 0) is 9.47 Å². The summed E-state index contributed by atoms with van der Waals surface area (Å²) >= 11 is 0. The highest BCUT2D eigenvalue weighted by molar-refractivity contribution is 6.07. The molecule has 1 aromatic carbocycles. The summed E-state index contributed by atoms with van der Waals surface area (Å²) in [5.74, 6) is -1.26. The van der Waals surface area contributed by atoms with Gasteiger partial charge < -0.3 is 14.6 Å². The van der Waals surface area contributed by atoms with Gasteiger partial charge in [-0.2, -0.15) is 0 Å². The Balaban J connectivity index is 3.00. The van der Waals surface area contributed by atoms with Gasteiger partial charge in [0.2, 0.25) is 11.5 Å². The molecular formula is C11H12O4. The molecular weight excluding hydrogens is 196 g/mol. The summed E-state index contributed by atoms with van der Waals surface area (Å²) in [6, 6.07) is 8.40. The first-order valence-electron chi connectivity index (χ1n) is 4.31. The number of allylic oxidation sites excluding steroid dienone is 1. The summed E-state index contributed by atoms with van der Waals surface area (Å²) in [6.45, 7) is 0. The molecule has 0 aliphatic heterocycles. The van der Waals surface area contributed by atoms with Gasteiger partial charge in [0.15, 0.2) is 0 Å². The average molecular weight is 208 g/mol. The molecule has 0 atom stereocenters. The molecule has 0 bridgehead atoms. The van der Waals surface area contributed by atoms with Gasteiger partial charge in [-0.05, 0) is 0 Å². The van der Waals surface area contributed by atoms with Crippen molar-refractivity contribution in [3.63, 3.8) is 0 Å². The molecule has 80 valence electrons. The van der Waals surface area contributed by atoms with Gasteiger partial charge in [0, 0.05) is 5.56 Å². The van der Waals surface area contributed by atoms with Crippen LogP contribution in [0, 0.1) is 0 Å². The number of aliphatic hydroxyl groups excluding tert-OH is 1. The van der Waals surface area contributed by atoms with Crippen molar-refractivity contribution in [3.8, 4) is 0 Å². The monoisotopic (exact) mass is 208 g/mol. The molecule has 0 amide bonds. The summed E-state index contributed by atoms with van der Waals surface area (Å²) in [5.41, 5.74) is 0.376. The van der Waals surface area contributed by atoms with Crippen LogP contribution in [0.4, 0.5) is 0 Å². The first-order valence-corrected chi connectivity index (χ1v) is 4.31. The largest absolute Gasteiger partial charge is 0.499 e. The van der Waals surface area contributed by atoms with Crippen LogP contribution in [0.3, 0.4) is 0 Å². The topological polar surface area (TPSA) is 55.8 Å². The fourth-order valence-corrected chi connectivity index (χ4v) is 1.10. The number of ether oxygens (including phenoxy) is 2.